The van der Waals surface area contributed by atoms with Gasteiger partial charge in [-0.25, -0.2) is 0 Å². The molecule has 6 nitrogen and oxygen atoms in total. The van der Waals surface area contributed by atoms with Crippen molar-refractivity contribution in [1.82, 2.24) is 18.3 Å². The molecule has 0 aliphatic rings. The molecule has 4 aromatic heterocycles. The van der Waals surface area contributed by atoms with Gasteiger partial charge in [0, 0.05) is 43.1 Å². The van der Waals surface area contributed by atoms with Crippen molar-refractivity contribution in [3.8, 4) is 79.4 Å². The molecule has 4 heterocycles. The molecule has 0 spiro atoms. The number of fused-ring (bicyclic) bond motifs is 12. The zero-order chi connectivity index (χ0) is 57.0. The Labute approximate surface area is 495 Å². The Kier molecular flexibility index (Phi) is 11.0. The van der Waals surface area contributed by atoms with E-state index in [1.807, 2.05) is 12.1 Å². The minimum Gasteiger partial charge on any atom is -0.306 e. The molecule has 0 saturated carbocycles. The smallest absolute Gasteiger partial charge is 0.104 e. The second-order valence-electron chi connectivity index (χ2n) is 22.2. The maximum absolute atomic E-state index is 12.9. The van der Waals surface area contributed by atoms with Gasteiger partial charge in [0.1, 0.15) is 23.3 Å². The van der Waals surface area contributed by atoms with E-state index in [1.165, 1.54) is 0 Å². The fourth-order valence-corrected chi connectivity index (χ4v) is 13.9. The van der Waals surface area contributed by atoms with Crippen molar-refractivity contribution in [2.75, 3.05) is 0 Å². The molecule has 0 atom stereocenters. The molecule has 17 aromatic rings. The minimum atomic E-state index is 0.346. The molecule has 0 N–H and O–H groups in total. The molecule has 13 aromatic carbocycles. The van der Waals surface area contributed by atoms with Gasteiger partial charge in [0.25, 0.3) is 0 Å². The molecular weight excluding hydrogens is 1040 g/mol. The first-order chi connectivity index (χ1) is 42.6. The first-order valence-corrected chi connectivity index (χ1v) is 29.0. The molecule has 0 bridgehead atoms. The van der Waals surface area contributed by atoms with Crippen LogP contribution < -0.4 is 0 Å². The summed E-state index contributed by atoms with van der Waals surface area (Å²) in [7, 11) is 0. The molecule has 0 radical (unpaired) electrons. The third-order valence-electron chi connectivity index (χ3n) is 17.6. The quantitative estimate of drug-likeness (QED) is 0.152. The highest BCUT2D eigenvalue weighted by molar-refractivity contribution is 6.17. The van der Waals surface area contributed by atoms with Gasteiger partial charge in [0.05, 0.1) is 66.9 Å². The van der Waals surface area contributed by atoms with Gasteiger partial charge in [-0.1, -0.05) is 218 Å². The van der Waals surface area contributed by atoms with Crippen LogP contribution in [0.2, 0.25) is 0 Å². The van der Waals surface area contributed by atoms with Crippen LogP contribution >= 0.6 is 0 Å². The highest BCUT2D eigenvalue weighted by Gasteiger charge is 2.35. The summed E-state index contributed by atoms with van der Waals surface area (Å²) in [6.45, 7) is 0. The number of para-hydroxylation sites is 4. The van der Waals surface area contributed by atoms with E-state index in [0.717, 1.165) is 132 Å². The van der Waals surface area contributed by atoms with Crippen LogP contribution in [0.3, 0.4) is 0 Å². The molecular formula is C80H48N6. The van der Waals surface area contributed by atoms with Crippen molar-refractivity contribution in [1.29, 1.82) is 10.5 Å². The fourth-order valence-electron chi connectivity index (χ4n) is 13.9. The van der Waals surface area contributed by atoms with E-state index < -0.39 is 0 Å². The predicted molar refractivity (Wildman–Crippen MR) is 355 cm³/mol. The highest BCUT2D eigenvalue weighted by Crippen LogP contribution is 2.50. The van der Waals surface area contributed by atoms with E-state index in [4.69, 9.17) is 0 Å². The van der Waals surface area contributed by atoms with Gasteiger partial charge >= 0.3 is 0 Å². The van der Waals surface area contributed by atoms with Crippen LogP contribution in [0.25, 0.3) is 154 Å². The largest absolute Gasteiger partial charge is 0.306 e. The SMILES string of the molecule is N#Cc1c(-n2c3ccc(-c4ccccc4)cc3c3cc(-c4ccccc4)ccc32)c(C#N)c(-n2c3ccc(-c4ccccc4)cc3c3cc(-c4ccccc4)ccc32)c(-n2c3ccccc3c3ccccc32)c1-n1c2ccccc2c2ccccc21. The van der Waals surface area contributed by atoms with Crippen molar-refractivity contribution in [2.45, 2.75) is 0 Å². The average molecular weight is 1090 g/mol. The second kappa shape index (κ2) is 19.3. The molecule has 0 saturated heterocycles. The van der Waals surface area contributed by atoms with Crippen molar-refractivity contribution < 1.29 is 0 Å². The van der Waals surface area contributed by atoms with Crippen molar-refractivity contribution in [3.05, 3.63) is 302 Å². The highest BCUT2D eigenvalue weighted by atomic mass is 15.1. The Balaban J connectivity index is 1.13. The maximum Gasteiger partial charge on any atom is 0.104 e. The molecule has 0 amide bonds. The molecule has 398 valence electrons. The van der Waals surface area contributed by atoms with Crippen LogP contribution in [0, 0.1) is 22.7 Å². The van der Waals surface area contributed by atoms with Crippen LogP contribution in [0.4, 0.5) is 0 Å². The number of benzene rings is 13. The van der Waals surface area contributed by atoms with Crippen molar-refractivity contribution >= 4 is 87.2 Å². The molecule has 17 rings (SSSR count). The van der Waals surface area contributed by atoms with E-state index in [1.54, 1.807) is 0 Å². The normalized spacial score (nSPS) is 11.7. The summed E-state index contributed by atoms with van der Waals surface area (Å²) in [5.74, 6) is 0. The Bertz CT molecular complexity index is 5410. The third kappa shape index (κ3) is 7.24. The molecule has 0 aliphatic heterocycles. The summed E-state index contributed by atoms with van der Waals surface area (Å²) in [4.78, 5) is 0. The number of hydrogen-bond acceptors (Lipinski definition) is 2. The minimum absolute atomic E-state index is 0.346. The van der Waals surface area contributed by atoms with Gasteiger partial charge in [-0.3, -0.25) is 0 Å². The standard InChI is InChI=1S/C80H48N6/c81-49-67-77(83-73-41-37-55(51-21-5-1-6-22-51)45-63(73)64-46-56(38-42-74(64)83)52-23-7-2-8-24-52)68(50-82)79(85-75-43-39-57(53-25-9-3-10-26-53)47-65(75)66-48-58(40-44-76(66)85)54-27-11-4-12-28-54)80(86-71-35-19-15-31-61(71)62-32-16-20-36-72(62)86)78(67)84-69-33-17-13-29-59(69)60-30-14-18-34-70(60)84/h1-48H. The lowest BCUT2D eigenvalue weighted by atomic mass is 9.98. The summed E-state index contributed by atoms with van der Waals surface area (Å²) in [5.41, 5.74) is 19.1. The van der Waals surface area contributed by atoms with Crippen LogP contribution in [0.1, 0.15) is 11.1 Å². The lowest BCUT2D eigenvalue weighted by Gasteiger charge is -2.27. The maximum atomic E-state index is 12.9. The van der Waals surface area contributed by atoms with Crippen molar-refractivity contribution in [3.63, 3.8) is 0 Å². The number of nitrogens with zero attached hydrogens (tertiary/aromatic N) is 6. The van der Waals surface area contributed by atoms with E-state index in [-0.39, 0.29) is 0 Å². The summed E-state index contributed by atoms with van der Waals surface area (Å²) >= 11 is 0. The molecule has 0 fully saturated rings. The van der Waals surface area contributed by atoms with Gasteiger partial charge in [0.15, 0.2) is 0 Å². The van der Waals surface area contributed by atoms with Crippen molar-refractivity contribution in [2.24, 2.45) is 0 Å². The predicted octanol–water partition coefficient (Wildman–Crippen LogP) is 20.5. The zero-order valence-corrected chi connectivity index (χ0v) is 46.4. The first kappa shape index (κ1) is 48.7. The Morgan fingerprint density at radius 1 is 0.186 bits per heavy atom. The topological polar surface area (TPSA) is 67.3 Å². The number of rotatable bonds is 8. The van der Waals surface area contributed by atoms with Gasteiger partial charge in [0.2, 0.25) is 0 Å². The van der Waals surface area contributed by atoms with E-state index in [0.29, 0.717) is 33.9 Å². The molecule has 0 unspecified atom stereocenters. The first-order valence-electron chi connectivity index (χ1n) is 29.0. The average Bonchev–Trinajstić information content (AvgIpc) is 1.49. The van der Waals surface area contributed by atoms with Crippen LogP contribution in [0.5, 0.6) is 0 Å². The Morgan fingerprint density at radius 2 is 0.407 bits per heavy atom. The van der Waals surface area contributed by atoms with Crippen LogP contribution in [0.15, 0.2) is 291 Å². The summed E-state index contributed by atoms with van der Waals surface area (Å²) in [5, 5.41) is 33.9. The summed E-state index contributed by atoms with van der Waals surface area (Å²) < 4.78 is 9.20. The number of nitriles is 2. The Morgan fingerprint density at radius 3 is 0.674 bits per heavy atom. The third-order valence-corrected chi connectivity index (χ3v) is 17.6. The lowest BCUT2D eigenvalue weighted by molar-refractivity contribution is 1.02. The Hall–Kier alpha value is -12.0. The van der Waals surface area contributed by atoms with Gasteiger partial charge < -0.3 is 18.3 Å². The van der Waals surface area contributed by atoms with E-state index in [9.17, 15) is 10.5 Å². The van der Waals surface area contributed by atoms with Gasteiger partial charge in [-0.2, -0.15) is 10.5 Å². The second-order valence-corrected chi connectivity index (χ2v) is 22.2. The van der Waals surface area contributed by atoms with Gasteiger partial charge in [-0.15, -0.1) is 0 Å². The lowest BCUT2D eigenvalue weighted by Crippen LogP contribution is -2.17. The summed E-state index contributed by atoms with van der Waals surface area (Å²) in [6, 6.07) is 109. The molecule has 6 heteroatoms. The van der Waals surface area contributed by atoms with E-state index >= 15 is 0 Å². The van der Waals surface area contributed by atoms with Crippen LogP contribution in [-0.2, 0) is 0 Å². The van der Waals surface area contributed by atoms with Crippen LogP contribution in [-0.4, -0.2) is 18.3 Å². The number of hydrogen-bond donors (Lipinski definition) is 0. The van der Waals surface area contributed by atoms with E-state index in [2.05, 4.69) is 309 Å². The monoisotopic (exact) mass is 1090 g/mol. The molecule has 86 heavy (non-hydrogen) atoms. The zero-order valence-electron chi connectivity index (χ0n) is 46.4. The summed E-state index contributed by atoms with van der Waals surface area (Å²) in [6.07, 6.45) is 0. The molecule has 0 aliphatic carbocycles. The van der Waals surface area contributed by atoms with Gasteiger partial charge in [-0.05, 0) is 117 Å². The fraction of sp³-hybridized carbons (Fsp3) is 0. The number of aromatic nitrogens is 4.